The van der Waals surface area contributed by atoms with Crippen LogP contribution in [0.5, 0.6) is 0 Å². The van der Waals surface area contributed by atoms with E-state index in [1.54, 1.807) is 18.3 Å². The van der Waals surface area contributed by atoms with Crippen LogP contribution in [0.25, 0.3) is 10.9 Å². The average Bonchev–Trinajstić information content (AvgIpc) is 2.98. The summed E-state index contributed by atoms with van der Waals surface area (Å²) in [6.45, 7) is 1.83. The number of amides is 1. The fourth-order valence-electron chi connectivity index (χ4n) is 2.59. The number of nitrogens with zero attached hydrogens (tertiary/aromatic N) is 1. The molecule has 3 aromatic rings. The van der Waals surface area contributed by atoms with Gasteiger partial charge in [0.15, 0.2) is 0 Å². The van der Waals surface area contributed by atoms with Crippen LogP contribution in [0.15, 0.2) is 48.7 Å². The quantitative estimate of drug-likeness (QED) is 0.549. The molecule has 0 bridgehead atoms. The van der Waals surface area contributed by atoms with Crippen LogP contribution in [-0.4, -0.2) is 15.8 Å². The van der Waals surface area contributed by atoms with E-state index in [9.17, 15) is 14.9 Å². The molecule has 1 atom stereocenters. The van der Waals surface area contributed by atoms with E-state index in [1.807, 2.05) is 25.1 Å². The molecule has 1 heterocycles. The van der Waals surface area contributed by atoms with Gasteiger partial charge in [-0.25, -0.2) is 0 Å². The van der Waals surface area contributed by atoms with Crippen LogP contribution in [0.2, 0.25) is 5.02 Å². The number of carbonyl (C=O) groups excluding carboxylic acids is 1. The van der Waals surface area contributed by atoms with Crippen molar-refractivity contribution in [3.05, 3.63) is 74.9 Å². The molecule has 3 rings (SSSR count). The number of nitro groups is 1. The highest BCUT2D eigenvalue weighted by molar-refractivity contribution is 6.31. The van der Waals surface area contributed by atoms with Gasteiger partial charge in [-0.2, -0.15) is 0 Å². The van der Waals surface area contributed by atoms with Crippen molar-refractivity contribution in [3.63, 3.8) is 0 Å². The van der Waals surface area contributed by atoms with Crippen LogP contribution in [-0.2, 0) is 0 Å². The average molecular weight is 344 g/mol. The summed E-state index contributed by atoms with van der Waals surface area (Å²) < 4.78 is 0. The molecule has 0 aliphatic heterocycles. The maximum absolute atomic E-state index is 12.6. The zero-order valence-corrected chi connectivity index (χ0v) is 13.5. The smallest absolute Gasteiger partial charge is 0.270 e. The predicted molar refractivity (Wildman–Crippen MR) is 92.3 cm³/mol. The molecule has 0 aliphatic rings. The first kappa shape index (κ1) is 16.0. The molecular weight excluding hydrogens is 330 g/mol. The van der Waals surface area contributed by atoms with Gasteiger partial charge in [-0.1, -0.05) is 29.8 Å². The van der Waals surface area contributed by atoms with Crippen molar-refractivity contribution in [1.82, 2.24) is 10.3 Å². The van der Waals surface area contributed by atoms with E-state index in [0.29, 0.717) is 21.5 Å². The number of hydrogen-bond acceptors (Lipinski definition) is 3. The Hall–Kier alpha value is -2.86. The molecular formula is C17H14ClN3O3. The van der Waals surface area contributed by atoms with Gasteiger partial charge in [0.25, 0.3) is 11.6 Å². The van der Waals surface area contributed by atoms with Crippen LogP contribution < -0.4 is 5.32 Å². The molecule has 1 unspecified atom stereocenters. The molecule has 6 nitrogen and oxygen atoms in total. The second-order valence-corrected chi connectivity index (χ2v) is 5.81. The summed E-state index contributed by atoms with van der Waals surface area (Å²) in [4.78, 5) is 25.9. The monoisotopic (exact) mass is 343 g/mol. The van der Waals surface area contributed by atoms with Crippen LogP contribution in [0.1, 0.15) is 28.9 Å². The minimum atomic E-state index is -0.486. The molecule has 24 heavy (non-hydrogen) atoms. The Kier molecular flexibility index (Phi) is 4.22. The van der Waals surface area contributed by atoms with Gasteiger partial charge in [0.1, 0.15) is 0 Å². The van der Waals surface area contributed by atoms with Crippen LogP contribution >= 0.6 is 11.6 Å². The predicted octanol–water partition coefficient (Wildman–Crippen LogP) is 4.22. The number of carbonyl (C=O) groups is 1. The van der Waals surface area contributed by atoms with Crippen molar-refractivity contribution in [3.8, 4) is 0 Å². The number of hydrogen-bond donors (Lipinski definition) is 2. The van der Waals surface area contributed by atoms with Crippen molar-refractivity contribution < 1.29 is 9.72 Å². The standard InChI is InChI=1S/C17H14ClN3O3/c1-10(12-4-2-3-5-15(12)18)20-17(22)14-9-19-16-7-6-11(21(23)24)8-13(14)16/h2-10,19H,1H3,(H,20,22). The number of non-ortho nitro benzene ring substituents is 1. The highest BCUT2D eigenvalue weighted by Gasteiger charge is 2.18. The van der Waals surface area contributed by atoms with Gasteiger partial charge in [0, 0.05) is 34.3 Å². The van der Waals surface area contributed by atoms with Crippen molar-refractivity contribution in [2.45, 2.75) is 13.0 Å². The molecule has 2 N–H and O–H groups in total. The van der Waals surface area contributed by atoms with E-state index in [0.717, 1.165) is 5.56 Å². The van der Waals surface area contributed by atoms with Crippen LogP contribution in [0.3, 0.4) is 0 Å². The van der Waals surface area contributed by atoms with Crippen molar-refractivity contribution >= 4 is 34.1 Å². The Morgan fingerprint density at radius 2 is 2.04 bits per heavy atom. The summed E-state index contributed by atoms with van der Waals surface area (Å²) in [7, 11) is 0. The minimum absolute atomic E-state index is 0.0599. The summed E-state index contributed by atoms with van der Waals surface area (Å²) in [6, 6.07) is 11.3. The van der Waals surface area contributed by atoms with Crippen LogP contribution in [0.4, 0.5) is 5.69 Å². The molecule has 122 valence electrons. The van der Waals surface area contributed by atoms with E-state index in [-0.39, 0.29) is 17.6 Å². The molecule has 0 saturated carbocycles. The Labute approximate surface area is 142 Å². The van der Waals surface area contributed by atoms with Crippen LogP contribution in [0, 0.1) is 10.1 Å². The van der Waals surface area contributed by atoms with Gasteiger partial charge in [-0.15, -0.1) is 0 Å². The topological polar surface area (TPSA) is 88.0 Å². The molecule has 1 aromatic heterocycles. The number of fused-ring (bicyclic) bond motifs is 1. The maximum atomic E-state index is 12.6. The fraction of sp³-hybridized carbons (Fsp3) is 0.118. The highest BCUT2D eigenvalue weighted by atomic mass is 35.5. The number of rotatable bonds is 4. The lowest BCUT2D eigenvalue weighted by Crippen LogP contribution is -2.26. The molecule has 2 aromatic carbocycles. The van der Waals surface area contributed by atoms with Gasteiger partial charge >= 0.3 is 0 Å². The van der Waals surface area contributed by atoms with Gasteiger partial charge in [0.05, 0.1) is 16.5 Å². The summed E-state index contributed by atoms with van der Waals surface area (Å²) in [5, 5.41) is 14.9. The molecule has 0 aliphatic carbocycles. The summed E-state index contributed by atoms with van der Waals surface area (Å²) in [5.74, 6) is -0.325. The molecule has 0 fully saturated rings. The Morgan fingerprint density at radius 3 is 2.75 bits per heavy atom. The lowest BCUT2D eigenvalue weighted by Gasteiger charge is -2.15. The largest absolute Gasteiger partial charge is 0.360 e. The van der Waals surface area contributed by atoms with E-state index < -0.39 is 4.92 Å². The molecule has 0 radical (unpaired) electrons. The number of H-pyrrole nitrogens is 1. The first-order chi connectivity index (χ1) is 11.5. The van der Waals surface area contributed by atoms with Crippen molar-refractivity contribution in [2.75, 3.05) is 0 Å². The third-order valence-corrected chi connectivity index (χ3v) is 4.18. The van der Waals surface area contributed by atoms with E-state index in [1.165, 1.54) is 12.1 Å². The molecule has 1 amide bonds. The molecule has 0 spiro atoms. The lowest BCUT2D eigenvalue weighted by atomic mass is 10.1. The van der Waals surface area contributed by atoms with Crippen molar-refractivity contribution in [2.24, 2.45) is 0 Å². The summed E-state index contributed by atoms with van der Waals surface area (Å²) in [5.41, 5.74) is 1.76. The first-order valence-electron chi connectivity index (χ1n) is 7.28. The minimum Gasteiger partial charge on any atom is -0.360 e. The Bertz CT molecular complexity index is 936. The fourth-order valence-corrected chi connectivity index (χ4v) is 2.89. The van der Waals surface area contributed by atoms with Gasteiger partial charge in [-0.05, 0) is 24.6 Å². The normalized spacial score (nSPS) is 12.1. The number of halogens is 1. The van der Waals surface area contributed by atoms with Crippen molar-refractivity contribution in [1.29, 1.82) is 0 Å². The second-order valence-electron chi connectivity index (χ2n) is 5.41. The summed E-state index contributed by atoms with van der Waals surface area (Å²) in [6.07, 6.45) is 1.54. The van der Waals surface area contributed by atoms with E-state index in [2.05, 4.69) is 10.3 Å². The first-order valence-corrected chi connectivity index (χ1v) is 7.66. The van der Waals surface area contributed by atoms with E-state index >= 15 is 0 Å². The van der Waals surface area contributed by atoms with Gasteiger partial charge < -0.3 is 10.3 Å². The number of nitro benzene ring substituents is 1. The van der Waals surface area contributed by atoms with Gasteiger partial charge in [-0.3, -0.25) is 14.9 Å². The molecule has 0 saturated heterocycles. The van der Waals surface area contributed by atoms with Gasteiger partial charge in [0.2, 0.25) is 0 Å². The third-order valence-electron chi connectivity index (χ3n) is 3.84. The number of aromatic nitrogens is 1. The number of aromatic amines is 1. The Morgan fingerprint density at radius 1 is 1.29 bits per heavy atom. The lowest BCUT2D eigenvalue weighted by molar-refractivity contribution is -0.384. The second kappa shape index (κ2) is 6.33. The zero-order valence-electron chi connectivity index (χ0n) is 12.7. The Balaban J connectivity index is 1.90. The summed E-state index contributed by atoms with van der Waals surface area (Å²) >= 11 is 6.15. The van der Waals surface area contributed by atoms with E-state index in [4.69, 9.17) is 11.6 Å². The highest BCUT2D eigenvalue weighted by Crippen LogP contribution is 2.26. The molecule has 7 heteroatoms. The number of benzene rings is 2. The SMILES string of the molecule is CC(NC(=O)c1c[nH]c2ccc([N+](=O)[O-])cc12)c1ccccc1Cl. The maximum Gasteiger partial charge on any atom is 0.270 e. The number of nitrogens with one attached hydrogen (secondary N) is 2. The zero-order chi connectivity index (χ0) is 17.3. The third kappa shape index (κ3) is 2.96.